The molecule has 0 bridgehead atoms. The van der Waals surface area contributed by atoms with Gasteiger partial charge in [0, 0.05) is 45.8 Å². The second-order valence-corrected chi connectivity index (χ2v) is 6.81. The second-order valence-electron chi connectivity index (χ2n) is 6.81. The highest BCUT2D eigenvalue weighted by Gasteiger charge is 2.52. The Morgan fingerprint density at radius 3 is 2.52 bits per heavy atom. The second kappa shape index (κ2) is 7.61. The Hall–Kier alpha value is -1.80. The first kappa shape index (κ1) is 18.0. The predicted molar refractivity (Wildman–Crippen MR) is 89.7 cm³/mol. The maximum atomic E-state index is 13.0. The SMILES string of the molecule is COCCN1CC2(CCN(c3ncc(F)cn3)CC2)[C@@H](COC)C1=O. The van der Waals surface area contributed by atoms with Gasteiger partial charge in [-0.05, 0) is 12.8 Å². The first-order valence-electron chi connectivity index (χ1n) is 8.59. The summed E-state index contributed by atoms with van der Waals surface area (Å²) < 4.78 is 23.5. The molecule has 1 spiro atoms. The fourth-order valence-corrected chi connectivity index (χ4v) is 3.98. The summed E-state index contributed by atoms with van der Waals surface area (Å²) in [4.78, 5) is 24.9. The number of amides is 1. The minimum Gasteiger partial charge on any atom is -0.384 e. The van der Waals surface area contributed by atoms with Crippen molar-refractivity contribution in [1.29, 1.82) is 0 Å². The van der Waals surface area contributed by atoms with Crippen molar-refractivity contribution in [2.24, 2.45) is 11.3 Å². The quantitative estimate of drug-likeness (QED) is 0.759. The molecule has 1 aromatic heterocycles. The molecule has 0 aliphatic carbocycles. The van der Waals surface area contributed by atoms with E-state index < -0.39 is 5.82 Å². The van der Waals surface area contributed by atoms with Crippen molar-refractivity contribution in [3.8, 4) is 0 Å². The fraction of sp³-hybridized carbons (Fsp3) is 0.706. The summed E-state index contributed by atoms with van der Waals surface area (Å²) in [5.41, 5.74) is -0.0859. The Morgan fingerprint density at radius 2 is 1.92 bits per heavy atom. The van der Waals surface area contributed by atoms with Gasteiger partial charge in [-0.2, -0.15) is 0 Å². The van der Waals surface area contributed by atoms with E-state index in [0.717, 1.165) is 32.5 Å². The van der Waals surface area contributed by atoms with Crippen LogP contribution in [0.3, 0.4) is 0 Å². The van der Waals surface area contributed by atoms with Gasteiger partial charge in [0.15, 0.2) is 5.82 Å². The molecule has 2 fully saturated rings. The molecule has 0 N–H and O–H groups in total. The van der Waals surface area contributed by atoms with Crippen LogP contribution in [0.4, 0.5) is 10.3 Å². The Kier molecular flexibility index (Phi) is 5.48. The minimum absolute atomic E-state index is 0.0859. The third-order valence-corrected chi connectivity index (χ3v) is 5.40. The third kappa shape index (κ3) is 3.59. The average Bonchev–Trinajstić information content (AvgIpc) is 2.87. The van der Waals surface area contributed by atoms with E-state index in [0.29, 0.717) is 25.7 Å². The van der Waals surface area contributed by atoms with Crippen molar-refractivity contribution in [2.75, 3.05) is 58.5 Å². The van der Waals surface area contributed by atoms with E-state index in [-0.39, 0.29) is 17.2 Å². The van der Waals surface area contributed by atoms with Crippen LogP contribution in [0.15, 0.2) is 12.4 Å². The lowest BCUT2D eigenvalue weighted by molar-refractivity contribution is -0.133. The van der Waals surface area contributed by atoms with Gasteiger partial charge in [0.25, 0.3) is 0 Å². The summed E-state index contributed by atoms with van der Waals surface area (Å²) in [6, 6.07) is 0. The Morgan fingerprint density at radius 1 is 1.24 bits per heavy atom. The van der Waals surface area contributed by atoms with Crippen molar-refractivity contribution in [2.45, 2.75) is 12.8 Å². The molecule has 0 aromatic carbocycles. The normalized spacial score (nSPS) is 22.8. The van der Waals surface area contributed by atoms with E-state index in [4.69, 9.17) is 9.47 Å². The number of carbonyl (C=O) groups is 1. The molecular formula is C17H25FN4O3. The fourth-order valence-electron chi connectivity index (χ4n) is 3.98. The largest absolute Gasteiger partial charge is 0.384 e. The number of hydrogen-bond acceptors (Lipinski definition) is 6. The van der Waals surface area contributed by atoms with E-state index in [9.17, 15) is 9.18 Å². The number of piperidine rings is 1. The van der Waals surface area contributed by atoms with Gasteiger partial charge in [-0.3, -0.25) is 4.79 Å². The first-order valence-corrected chi connectivity index (χ1v) is 8.59. The number of ether oxygens (including phenoxy) is 2. The Balaban J connectivity index is 1.70. The lowest BCUT2D eigenvalue weighted by Crippen LogP contribution is -2.46. The summed E-state index contributed by atoms with van der Waals surface area (Å²) in [5, 5.41) is 0. The van der Waals surface area contributed by atoms with Gasteiger partial charge in [-0.1, -0.05) is 0 Å². The lowest BCUT2D eigenvalue weighted by atomic mass is 9.71. The number of aromatic nitrogens is 2. The van der Waals surface area contributed by atoms with Gasteiger partial charge in [0.05, 0.1) is 31.5 Å². The highest BCUT2D eigenvalue weighted by molar-refractivity contribution is 5.82. The van der Waals surface area contributed by atoms with Gasteiger partial charge >= 0.3 is 0 Å². The molecule has 0 radical (unpaired) electrons. The van der Waals surface area contributed by atoms with Crippen molar-refractivity contribution < 1.29 is 18.7 Å². The molecule has 3 rings (SSSR count). The number of anilines is 1. The molecule has 0 saturated carbocycles. The zero-order valence-corrected chi connectivity index (χ0v) is 14.8. The maximum absolute atomic E-state index is 13.0. The van der Waals surface area contributed by atoms with E-state index in [1.807, 2.05) is 4.90 Å². The van der Waals surface area contributed by atoms with Crippen LogP contribution < -0.4 is 4.90 Å². The summed E-state index contributed by atoms with van der Waals surface area (Å²) in [5.74, 6) is 0.142. The molecule has 8 heteroatoms. The molecule has 0 unspecified atom stereocenters. The first-order chi connectivity index (χ1) is 12.1. The number of nitrogens with zero attached hydrogens (tertiary/aromatic N) is 4. The van der Waals surface area contributed by atoms with Gasteiger partial charge in [0.2, 0.25) is 11.9 Å². The van der Waals surface area contributed by atoms with Crippen molar-refractivity contribution in [3.05, 3.63) is 18.2 Å². The van der Waals surface area contributed by atoms with Crippen LogP contribution in [-0.4, -0.2) is 74.4 Å². The van der Waals surface area contributed by atoms with Crippen LogP contribution in [0.1, 0.15) is 12.8 Å². The Labute approximate surface area is 147 Å². The summed E-state index contributed by atoms with van der Waals surface area (Å²) >= 11 is 0. The molecule has 2 aliphatic heterocycles. The van der Waals surface area contributed by atoms with E-state index in [1.54, 1.807) is 14.2 Å². The topological polar surface area (TPSA) is 67.8 Å². The minimum atomic E-state index is -0.437. The van der Waals surface area contributed by atoms with Crippen LogP contribution >= 0.6 is 0 Å². The maximum Gasteiger partial charge on any atom is 0.228 e. The van der Waals surface area contributed by atoms with Gasteiger partial charge in [0.1, 0.15) is 0 Å². The molecule has 1 amide bonds. The van der Waals surface area contributed by atoms with Gasteiger partial charge < -0.3 is 19.3 Å². The zero-order chi connectivity index (χ0) is 17.9. The average molecular weight is 352 g/mol. The molecule has 2 saturated heterocycles. The molecule has 7 nitrogen and oxygen atoms in total. The highest BCUT2D eigenvalue weighted by Crippen LogP contribution is 2.45. The van der Waals surface area contributed by atoms with Crippen molar-refractivity contribution in [3.63, 3.8) is 0 Å². The highest BCUT2D eigenvalue weighted by atomic mass is 19.1. The molecule has 1 aromatic rings. The number of methoxy groups -OCH3 is 2. The van der Waals surface area contributed by atoms with E-state index in [2.05, 4.69) is 14.9 Å². The molecule has 2 aliphatic rings. The predicted octanol–water partition coefficient (Wildman–Crippen LogP) is 0.953. The van der Waals surface area contributed by atoms with E-state index in [1.165, 1.54) is 12.4 Å². The summed E-state index contributed by atoms with van der Waals surface area (Å²) in [6.07, 6.45) is 4.09. The van der Waals surface area contributed by atoms with Crippen LogP contribution in [0.25, 0.3) is 0 Å². The number of hydrogen-bond donors (Lipinski definition) is 0. The number of halogens is 1. The molecule has 138 valence electrons. The Bertz CT molecular complexity index is 590. The van der Waals surface area contributed by atoms with Gasteiger partial charge in [-0.25, -0.2) is 14.4 Å². The lowest BCUT2D eigenvalue weighted by Gasteiger charge is -2.41. The van der Waals surface area contributed by atoms with Crippen LogP contribution in [0.2, 0.25) is 0 Å². The number of carbonyl (C=O) groups excluding carboxylic acids is 1. The standard InChI is InChI=1S/C17H25FN4O3/c1-24-8-7-22-12-17(14(11-25-2)15(22)23)3-5-21(6-4-17)16-19-9-13(18)10-20-16/h9-10,14H,3-8,11-12H2,1-2H3/t14-/m0/s1. The molecule has 25 heavy (non-hydrogen) atoms. The number of likely N-dealkylation sites (tertiary alicyclic amines) is 1. The van der Waals surface area contributed by atoms with Crippen LogP contribution in [-0.2, 0) is 14.3 Å². The van der Waals surface area contributed by atoms with Crippen molar-refractivity contribution in [1.82, 2.24) is 14.9 Å². The van der Waals surface area contributed by atoms with Gasteiger partial charge in [-0.15, -0.1) is 0 Å². The molecule has 1 atom stereocenters. The molecule has 3 heterocycles. The third-order valence-electron chi connectivity index (χ3n) is 5.40. The van der Waals surface area contributed by atoms with E-state index >= 15 is 0 Å². The van der Waals surface area contributed by atoms with Crippen LogP contribution in [0.5, 0.6) is 0 Å². The smallest absolute Gasteiger partial charge is 0.228 e. The monoisotopic (exact) mass is 352 g/mol. The number of rotatable bonds is 6. The summed E-state index contributed by atoms with van der Waals surface area (Å²) in [7, 11) is 3.28. The van der Waals surface area contributed by atoms with Crippen molar-refractivity contribution >= 4 is 11.9 Å². The molecular weight excluding hydrogens is 327 g/mol. The summed E-state index contributed by atoms with van der Waals surface area (Å²) in [6.45, 7) is 3.82. The zero-order valence-electron chi connectivity index (χ0n) is 14.8. The van der Waals surface area contributed by atoms with Crippen LogP contribution in [0, 0.1) is 17.2 Å².